The Balaban J connectivity index is 1.13. The molecule has 4 aromatic rings. The smallest absolute Gasteiger partial charge is 0.232 e. The molecule has 3 aliphatic rings. The molecule has 0 aliphatic carbocycles. The van der Waals surface area contributed by atoms with E-state index in [9.17, 15) is 0 Å². The first-order chi connectivity index (χ1) is 20.5. The predicted octanol–water partition coefficient (Wildman–Crippen LogP) is 6.21. The average Bonchev–Trinajstić information content (AvgIpc) is 3.65. The third-order valence-electron chi connectivity index (χ3n) is 8.73. The SMILES string of the molecule is S=C(NCC1(c2cccc(Cl)c2)CCOCC1)Nc1nc(N2Cc3ccccc3C2)cc(N2Cc3ccccc3C2)n1. The van der Waals surface area contributed by atoms with Gasteiger partial charge in [-0.3, -0.25) is 0 Å². The van der Waals surface area contributed by atoms with Crippen LogP contribution in [-0.2, 0) is 36.3 Å². The van der Waals surface area contributed by atoms with E-state index in [4.69, 9.17) is 38.5 Å². The summed E-state index contributed by atoms with van der Waals surface area (Å²) < 4.78 is 5.71. The highest BCUT2D eigenvalue weighted by Gasteiger charge is 2.35. The molecule has 214 valence electrons. The highest BCUT2D eigenvalue weighted by Crippen LogP contribution is 2.36. The van der Waals surface area contributed by atoms with Crippen LogP contribution in [0.15, 0.2) is 78.9 Å². The van der Waals surface area contributed by atoms with Crippen LogP contribution >= 0.6 is 23.8 Å². The lowest BCUT2D eigenvalue weighted by molar-refractivity contribution is 0.0515. The van der Waals surface area contributed by atoms with E-state index in [1.807, 2.05) is 12.1 Å². The van der Waals surface area contributed by atoms with Crippen LogP contribution < -0.4 is 20.4 Å². The van der Waals surface area contributed by atoms with E-state index in [1.54, 1.807) is 0 Å². The Morgan fingerprint density at radius 3 is 1.86 bits per heavy atom. The molecule has 1 aromatic heterocycles. The van der Waals surface area contributed by atoms with Gasteiger partial charge in [0.25, 0.3) is 0 Å². The quantitative estimate of drug-likeness (QED) is 0.255. The second-order valence-corrected chi connectivity index (χ2v) is 12.2. The van der Waals surface area contributed by atoms with Crippen LogP contribution in [0.2, 0.25) is 5.02 Å². The number of anilines is 3. The van der Waals surface area contributed by atoms with Gasteiger partial charge in [0.2, 0.25) is 5.95 Å². The molecule has 0 spiro atoms. The molecular weight excluding hydrogens is 564 g/mol. The number of rotatable bonds is 6. The standard InChI is InChI=1S/C33H33ClN6OS/c34-28-11-5-10-27(16-28)33(12-14-41-15-13-33)22-35-32(42)38-31-36-29(39-18-23-6-1-2-7-24(23)19-39)17-30(37-31)40-20-25-8-3-4-9-26(25)21-40/h1-11,16-17H,12-15,18-22H2,(H2,35,36,37,38,42). The van der Waals surface area contributed by atoms with Gasteiger partial charge in [-0.2, -0.15) is 9.97 Å². The van der Waals surface area contributed by atoms with E-state index in [0.29, 0.717) is 30.8 Å². The van der Waals surface area contributed by atoms with Crippen LogP contribution in [0.3, 0.4) is 0 Å². The molecule has 2 N–H and O–H groups in total. The van der Waals surface area contributed by atoms with Crippen LogP contribution in [0.4, 0.5) is 17.6 Å². The molecule has 0 amide bonds. The van der Waals surface area contributed by atoms with E-state index in [1.165, 1.54) is 27.8 Å². The van der Waals surface area contributed by atoms with E-state index in [2.05, 4.69) is 87.2 Å². The van der Waals surface area contributed by atoms with Crippen LogP contribution in [0.5, 0.6) is 0 Å². The monoisotopic (exact) mass is 596 g/mol. The minimum Gasteiger partial charge on any atom is -0.381 e. The maximum atomic E-state index is 6.38. The topological polar surface area (TPSA) is 65.6 Å². The van der Waals surface area contributed by atoms with Crippen LogP contribution in [0.25, 0.3) is 0 Å². The highest BCUT2D eigenvalue weighted by atomic mass is 35.5. The highest BCUT2D eigenvalue weighted by molar-refractivity contribution is 7.80. The van der Waals surface area contributed by atoms with Gasteiger partial charge in [-0.05, 0) is 65.0 Å². The third-order valence-corrected chi connectivity index (χ3v) is 9.21. The van der Waals surface area contributed by atoms with Crippen molar-refractivity contribution in [1.82, 2.24) is 15.3 Å². The number of halogens is 1. The van der Waals surface area contributed by atoms with Gasteiger partial charge in [0.05, 0.1) is 0 Å². The zero-order valence-corrected chi connectivity index (χ0v) is 24.9. The maximum Gasteiger partial charge on any atom is 0.232 e. The Kier molecular flexibility index (Phi) is 7.44. The second kappa shape index (κ2) is 11.5. The number of nitrogens with one attached hydrogen (secondary N) is 2. The predicted molar refractivity (Wildman–Crippen MR) is 172 cm³/mol. The van der Waals surface area contributed by atoms with Gasteiger partial charge >= 0.3 is 0 Å². The fourth-order valence-corrected chi connectivity index (χ4v) is 6.69. The second-order valence-electron chi connectivity index (χ2n) is 11.4. The summed E-state index contributed by atoms with van der Waals surface area (Å²) in [6.45, 7) is 5.35. The van der Waals surface area contributed by atoms with Crippen LogP contribution in [0.1, 0.15) is 40.7 Å². The number of hydrogen-bond acceptors (Lipinski definition) is 6. The minimum absolute atomic E-state index is 0.120. The van der Waals surface area contributed by atoms with Crippen molar-refractivity contribution < 1.29 is 4.74 Å². The van der Waals surface area contributed by atoms with Crippen molar-refractivity contribution in [2.24, 2.45) is 0 Å². The van der Waals surface area contributed by atoms with Crippen molar-refractivity contribution >= 4 is 46.5 Å². The molecule has 3 aliphatic heterocycles. The Morgan fingerprint density at radius 1 is 0.786 bits per heavy atom. The lowest BCUT2D eigenvalue weighted by Gasteiger charge is -2.38. The summed E-state index contributed by atoms with van der Waals surface area (Å²) in [6, 6.07) is 27.4. The third kappa shape index (κ3) is 5.54. The Morgan fingerprint density at radius 2 is 1.33 bits per heavy atom. The molecule has 0 bridgehead atoms. The van der Waals surface area contributed by atoms with Crippen molar-refractivity contribution in [3.05, 3.63) is 112 Å². The van der Waals surface area contributed by atoms with Crippen LogP contribution in [-0.4, -0.2) is 34.8 Å². The lowest BCUT2D eigenvalue weighted by Crippen LogP contribution is -2.45. The molecule has 1 fully saturated rings. The molecular formula is C33H33ClN6OS. The molecule has 7 nitrogen and oxygen atoms in total. The fraction of sp³-hybridized carbons (Fsp3) is 0.303. The number of fused-ring (bicyclic) bond motifs is 2. The summed E-state index contributed by atoms with van der Waals surface area (Å²) in [5.74, 6) is 2.27. The van der Waals surface area contributed by atoms with Crippen molar-refractivity contribution in [2.75, 3.05) is 34.9 Å². The molecule has 42 heavy (non-hydrogen) atoms. The fourth-order valence-electron chi connectivity index (χ4n) is 6.34. The Hall–Kier alpha value is -3.72. The average molecular weight is 597 g/mol. The summed E-state index contributed by atoms with van der Waals surface area (Å²) in [5, 5.41) is 8.04. The summed E-state index contributed by atoms with van der Waals surface area (Å²) in [6.07, 6.45) is 1.79. The summed E-state index contributed by atoms with van der Waals surface area (Å²) in [7, 11) is 0. The normalized spacial score (nSPS) is 17.1. The first-order valence-corrected chi connectivity index (χ1v) is 15.2. The zero-order chi connectivity index (χ0) is 28.5. The lowest BCUT2D eigenvalue weighted by atomic mass is 9.74. The van der Waals surface area contributed by atoms with E-state index < -0.39 is 0 Å². The maximum absolute atomic E-state index is 6.38. The van der Waals surface area contributed by atoms with Crippen LogP contribution in [0, 0.1) is 0 Å². The number of benzene rings is 3. The zero-order valence-electron chi connectivity index (χ0n) is 23.4. The molecule has 9 heteroatoms. The van der Waals surface area contributed by atoms with Gasteiger partial charge in [-0.25, -0.2) is 0 Å². The van der Waals surface area contributed by atoms with E-state index in [0.717, 1.165) is 55.7 Å². The van der Waals surface area contributed by atoms with Crippen molar-refractivity contribution in [1.29, 1.82) is 0 Å². The number of hydrogen-bond donors (Lipinski definition) is 2. The number of aromatic nitrogens is 2. The first-order valence-electron chi connectivity index (χ1n) is 14.5. The molecule has 0 saturated carbocycles. The van der Waals surface area contributed by atoms with Gasteiger partial charge in [0.15, 0.2) is 5.11 Å². The van der Waals surface area contributed by atoms with Gasteiger partial charge in [0, 0.05) is 62.4 Å². The summed E-state index contributed by atoms with van der Waals surface area (Å²) >= 11 is 12.2. The Labute approximate surface area is 256 Å². The van der Waals surface area contributed by atoms with Gasteiger partial charge in [-0.15, -0.1) is 0 Å². The first kappa shape index (κ1) is 27.1. The number of thiocarbonyl (C=S) groups is 1. The molecule has 0 atom stereocenters. The molecule has 3 aromatic carbocycles. The van der Waals surface area contributed by atoms with Crippen molar-refractivity contribution in [3.63, 3.8) is 0 Å². The molecule has 0 radical (unpaired) electrons. The van der Waals surface area contributed by atoms with Gasteiger partial charge in [0.1, 0.15) is 11.6 Å². The minimum atomic E-state index is -0.120. The van der Waals surface area contributed by atoms with Gasteiger partial charge in [-0.1, -0.05) is 72.3 Å². The summed E-state index contributed by atoms with van der Waals surface area (Å²) in [5.41, 5.74) is 6.42. The largest absolute Gasteiger partial charge is 0.381 e. The van der Waals surface area contributed by atoms with E-state index >= 15 is 0 Å². The molecule has 1 saturated heterocycles. The van der Waals surface area contributed by atoms with E-state index in [-0.39, 0.29) is 5.41 Å². The van der Waals surface area contributed by atoms with Crippen molar-refractivity contribution in [2.45, 2.75) is 44.4 Å². The van der Waals surface area contributed by atoms with Gasteiger partial charge < -0.3 is 25.2 Å². The Bertz CT molecular complexity index is 1500. The number of ether oxygens (including phenoxy) is 1. The number of nitrogens with zero attached hydrogens (tertiary/aromatic N) is 4. The molecule has 4 heterocycles. The molecule has 7 rings (SSSR count). The molecule has 0 unspecified atom stereocenters. The summed E-state index contributed by atoms with van der Waals surface area (Å²) in [4.78, 5) is 14.5. The van der Waals surface area contributed by atoms with Crippen molar-refractivity contribution in [3.8, 4) is 0 Å².